The summed E-state index contributed by atoms with van der Waals surface area (Å²) in [6.07, 6.45) is 15.6. The summed E-state index contributed by atoms with van der Waals surface area (Å²) in [5.41, 5.74) is 18.5. The van der Waals surface area contributed by atoms with E-state index in [1.165, 1.54) is 38.5 Å². The van der Waals surface area contributed by atoms with Crippen LogP contribution in [0.1, 0.15) is 128 Å². The second-order valence-corrected chi connectivity index (χ2v) is 12.7. The van der Waals surface area contributed by atoms with Crippen LogP contribution >= 0.6 is 0 Å². The predicted octanol–water partition coefficient (Wildman–Crippen LogP) is 7.61. The largest absolute Gasteiger partial charge is 0.507 e. The van der Waals surface area contributed by atoms with Crippen LogP contribution < -0.4 is 21.5 Å². The Labute approximate surface area is 254 Å². The number of benzene rings is 1. The van der Waals surface area contributed by atoms with Crippen molar-refractivity contribution in [3.8, 4) is 11.5 Å². The number of aromatic hydroxyl groups is 1. The Bertz CT molecular complexity index is 1090. The number of rotatable bonds is 19. The highest BCUT2D eigenvalue weighted by Gasteiger charge is 2.28. The number of phenolic OH excluding ortho intramolecular Hbond substituents is 1. The van der Waals surface area contributed by atoms with Crippen molar-refractivity contribution in [2.24, 2.45) is 29.2 Å². The Balaban J connectivity index is 2.04. The molecule has 2 aliphatic rings. The highest BCUT2D eigenvalue weighted by atomic mass is 16.5. The van der Waals surface area contributed by atoms with Gasteiger partial charge in [0, 0.05) is 23.4 Å². The van der Waals surface area contributed by atoms with E-state index < -0.39 is 5.97 Å². The molecule has 0 radical (unpaired) electrons. The van der Waals surface area contributed by atoms with Gasteiger partial charge in [0.15, 0.2) is 0 Å². The van der Waals surface area contributed by atoms with E-state index in [9.17, 15) is 15.0 Å². The molecule has 0 aromatic heterocycles. The monoisotopic (exact) mass is 583 g/mol. The summed E-state index contributed by atoms with van der Waals surface area (Å²) in [4.78, 5) is 11.8. The van der Waals surface area contributed by atoms with E-state index in [2.05, 4.69) is 19.2 Å². The lowest BCUT2D eigenvalue weighted by Crippen LogP contribution is -2.34. The van der Waals surface area contributed by atoms with E-state index in [4.69, 9.17) is 16.2 Å². The standard InChI is InChI=1S/C35H57N3O4/c1-5-8-16-29(33(36)32-26(19-23-12-9-13-23)21-28(42-4)22-31(32)39)30(20-24-14-10-15-24)34(37)38-27(7-3)18-17-25(11-6-2)35(40)41/h21-25,27,38-39H,5-20,36-37H2,1-4H3,(H,40,41)/b33-29-,34-30+. The maximum atomic E-state index is 11.8. The Kier molecular flexibility index (Phi) is 13.4. The van der Waals surface area contributed by atoms with Crippen molar-refractivity contribution in [1.82, 2.24) is 5.32 Å². The van der Waals surface area contributed by atoms with Crippen LogP contribution in [0.25, 0.3) is 5.70 Å². The Hall–Kier alpha value is -2.83. The molecule has 7 nitrogen and oxygen atoms in total. The van der Waals surface area contributed by atoms with Crippen molar-refractivity contribution in [1.29, 1.82) is 0 Å². The maximum absolute atomic E-state index is 11.8. The van der Waals surface area contributed by atoms with Crippen molar-refractivity contribution < 1.29 is 19.7 Å². The van der Waals surface area contributed by atoms with E-state index in [-0.39, 0.29) is 17.7 Å². The van der Waals surface area contributed by atoms with Gasteiger partial charge in [-0.1, -0.05) is 72.1 Å². The van der Waals surface area contributed by atoms with Gasteiger partial charge >= 0.3 is 5.97 Å². The fraction of sp³-hybridized carbons (Fsp3) is 0.686. The van der Waals surface area contributed by atoms with Crippen molar-refractivity contribution >= 4 is 11.7 Å². The lowest BCUT2D eigenvalue weighted by atomic mass is 9.77. The first-order chi connectivity index (χ1) is 20.2. The number of carboxylic acid groups (broad SMARTS) is 1. The number of allylic oxidation sites excluding steroid dienone is 2. The van der Waals surface area contributed by atoms with Crippen LogP contribution in [0.15, 0.2) is 29.1 Å². The average Bonchev–Trinajstić information content (AvgIpc) is 2.91. The molecule has 236 valence electrons. The van der Waals surface area contributed by atoms with Crippen molar-refractivity contribution in [3.63, 3.8) is 0 Å². The van der Waals surface area contributed by atoms with Crippen molar-refractivity contribution in [2.75, 3.05) is 7.11 Å². The average molecular weight is 584 g/mol. The van der Waals surface area contributed by atoms with E-state index >= 15 is 0 Å². The summed E-state index contributed by atoms with van der Waals surface area (Å²) >= 11 is 0. The van der Waals surface area contributed by atoms with Gasteiger partial charge in [-0.15, -0.1) is 0 Å². The Morgan fingerprint density at radius 2 is 1.69 bits per heavy atom. The molecule has 7 N–H and O–H groups in total. The Morgan fingerprint density at radius 1 is 1.00 bits per heavy atom. The molecule has 1 aromatic rings. The van der Waals surface area contributed by atoms with Gasteiger partial charge in [0.05, 0.1) is 18.8 Å². The molecule has 2 unspecified atom stereocenters. The first-order valence-electron chi connectivity index (χ1n) is 16.6. The maximum Gasteiger partial charge on any atom is 0.306 e. The number of ether oxygens (including phenoxy) is 1. The fourth-order valence-electron chi connectivity index (χ4n) is 6.42. The van der Waals surface area contributed by atoms with Crippen LogP contribution in [0, 0.1) is 17.8 Å². The van der Waals surface area contributed by atoms with Gasteiger partial charge in [-0.05, 0) is 86.0 Å². The number of phenols is 1. The normalized spacial score (nSPS) is 18.3. The number of hydrogen-bond acceptors (Lipinski definition) is 6. The van der Waals surface area contributed by atoms with E-state index in [1.807, 2.05) is 13.0 Å². The van der Waals surface area contributed by atoms with Gasteiger partial charge in [-0.3, -0.25) is 4.79 Å². The zero-order valence-corrected chi connectivity index (χ0v) is 26.6. The summed E-state index contributed by atoms with van der Waals surface area (Å²) in [7, 11) is 1.63. The number of carboxylic acids is 1. The topological polar surface area (TPSA) is 131 Å². The second kappa shape index (κ2) is 16.7. The van der Waals surface area contributed by atoms with Gasteiger partial charge < -0.3 is 31.7 Å². The molecule has 1 aromatic carbocycles. The first kappa shape index (κ1) is 33.7. The van der Waals surface area contributed by atoms with Gasteiger partial charge in [-0.25, -0.2) is 0 Å². The molecule has 2 aliphatic carbocycles. The van der Waals surface area contributed by atoms with Gasteiger partial charge in [0.25, 0.3) is 0 Å². The van der Waals surface area contributed by atoms with Crippen LogP contribution in [0.3, 0.4) is 0 Å². The number of hydrogen-bond donors (Lipinski definition) is 5. The summed E-state index contributed by atoms with van der Waals surface area (Å²) in [5, 5.41) is 24.6. The minimum atomic E-state index is -0.713. The molecule has 0 spiro atoms. The number of unbranched alkanes of at least 4 members (excludes halogenated alkanes) is 1. The van der Waals surface area contributed by atoms with Crippen LogP contribution in [-0.4, -0.2) is 29.3 Å². The molecule has 0 saturated heterocycles. The van der Waals surface area contributed by atoms with Crippen LogP contribution in [0.2, 0.25) is 0 Å². The molecule has 0 bridgehead atoms. The number of carbonyl (C=O) groups is 1. The smallest absolute Gasteiger partial charge is 0.306 e. The minimum Gasteiger partial charge on any atom is -0.507 e. The van der Waals surface area contributed by atoms with Gasteiger partial charge in [0.1, 0.15) is 11.5 Å². The number of nitrogens with two attached hydrogens (primary N) is 2. The number of nitrogens with one attached hydrogen (secondary N) is 1. The number of methoxy groups -OCH3 is 1. The van der Waals surface area contributed by atoms with Crippen molar-refractivity contribution in [2.45, 2.75) is 130 Å². The Morgan fingerprint density at radius 3 is 2.21 bits per heavy atom. The van der Waals surface area contributed by atoms with E-state index in [0.29, 0.717) is 41.9 Å². The highest BCUT2D eigenvalue weighted by Crippen LogP contribution is 2.42. The summed E-state index contributed by atoms with van der Waals surface area (Å²) in [5.74, 6) is 1.60. The predicted molar refractivity (Wildman–Crippen MR) is 172 cm³/mol. The third-order valence-corrected chi connectivity index (χ3v) is 9.63. The minimum absolute atomic E-state index is 0.0808. The molecule has 0 aliphatic heterocycles. The molecule has 0 heterocycles. The molecule has 2 saturated carbocycles. The molecule has 7 heteroatoms. The lowest BCUT2D eigenvalue weighted by molar-refractivity contribution is -0.142. The zero-order valence-electron chi connectivity index (χ0n) is 26.6. The fourth-order valence-corrected chi connectivity index (χ4v) is 6.42. The quantitative estimate of drug-likeness (QED) is 0.106. The van der Waals surface area contributed by atoms with Gasteiger partial charge in [0.2, 0.25) is 0 Å². The van der Waals surface area contributed by atoms with Crippen LogP contribution in [-0.2, 0) is 11.2 Å². The molecule has 2 atom stereocenters. The van der Waals surface area contributed by atoms with E-state index in [0.717, 1.165) is 73.6 Å². The van der Waals surface area contributed by atoms with Crippen LogP contribution in [0.4, 0.5) is 0 Å². The number of aliphatic carboxylic acids is 1. The summed E-state index contributed by atoms with van der Waals surface area (Å²) in [6, 6.07) is 3.79. The third-order valence-electron chi connectivity index (χ3n) is 9.63. The SMILES string of the molecule is CCCCC(=C(/N)c1c(O)cc(OC)cc1CC1CCC1)/C(CC1CCC1)=C(\N)NC(CC)CCC(CCC)C(=O)O. The van der Waals surface area contributed by atoms with E-state index in [1.54, 1.807) is 13.2 Å². The molecular formula is C35H57N3O4. The zero-order chi connectivity index (χ0) is 30.6. The summed E-state index contributed by atoms with van der Waals surface area (Å²) < 4.78 is 5.52. The lowest BCUT2D eigenvalue weighted by Gasteiger charge is -2.31. The molecule has 2 fully saturated rings. The third kappa shape index (κ3) is 9.08. The highest BCUT2D eigenvalue weighted by molar-refractivity contribution is 5.77. The van der Waals surface area contributed by atoms with Crippen LogP contribution in [0.5, 0.6) is 11.5 Å². The molecule has 0 amide bonds. The summed E-state index contributed by atoms with van der Waals surface area (Å²) in [6.45, 7) is 6.34. The molecular weight excluding hydrogens is 526 g/mol. The van der Waals surface area contributed by atoms with Gasteiger partial charge in [-0.2, -0.15) is 0 Å². The first-order valence-corrected chi connectivity index (χ1v) is 16.6. The van der Waals surface area contributed by atoms with Crippen molar-refractivity contribution in [3.05, 3.63) is 40.2 Å². The molecule has 42 heavy (non-hydrogen) atoms. The second-order valence-electron chi connectivity index (χ2n) is 12.7. The molecule has 3 rings (SSSR count).